The van der Waals surface area contributed by atoms with Crippen molar-refractivity contribution in [2.75, 3.05) is 7.05 Å². The minimum atomic E-state index is -4.49. The van der Waals surface area contributed by atoms with Crippen LogP contribution in [0.5, 0.6) is 0 Å². The van der Waals surface area contributed by atoms with Gasteiger partial charge in [0.1, 0.15) is 0 Å². The van der Waals surface area contributed by atoms with E-state index in [1.807, 2.05) is 31.2 Å². The van der Waals surface area contributed by atoms with E-state index in [4.69, 9.17) is 11.6 Å². The first-order chi connectivity index (χ1) is 14.7. The SMILES string of the molecule is CNC1=C(c2cccc(C(F)(F)F)c2)C(=O)C(=Cc2c(Cl)ccc3cccc(C)c23)S1. The molecule has 1 aliphatic rings. The first-order valence-electron chi connectivity index (χ1n) is 9.42. The van der Waals surface area contributed by atoms with Gasteiger partial charge in [0, 0.05) is 17.6 Å². The van der Waals surface area contributed by atoms with Gasteiger partial charge in [-0.15, -0.1) is 0 Å². The third kappa shape index (κ3) is 3.98. The predicted molar refractivity (Wildman–Crippen MR) is 122 cm³/mol. The molecule has 0 fully saturated rings. The normalized spacial score (nSPS) is 15.9. The molecule has 158 valence electrons. The zero-order chi connectivity index (χ0) is 22.3. The van der Waals surface area contributed by atoms with Gasteiger partial charge in [0.25, 0.3) is 0 Å². The Balaban J connectivity index is 1.82. The van der Waals surface area contributed by atoms with Crippen LogP contribution in [0.2, 0.25) is 5.02 Å². The Morgan fingerprint density at radius 2 is 1.81 bits per heavy atom. The second kappa shape index (κ2) is 8.09. The molecule has 1 N–H and O–H groups in total. The van der Waals surface area contributed by atoms with Crippen LogP contribution in [-0.2, 0) is 11.0 Å². The Morgan fingerprint density at radius 1 is 1.06 bits per heavy atom. The average molecular weight is 460 g/mol. The zero-order valence-electron chi connectivity index (χ0n) is 16.6. The number of ketones is 1. The third-order valence-corrected chi connectivity index (χ3v) is 6.58. The molecular weight excluding hydrogens is 443 g/mol. The van der Waals surface area contributed by atoms with Crippen LogP contribution < -0.4 is 5.32 Å². The number of Topliss-reactive ketones (excluding diaryl/α,β-unsaturated/α-hetero) is 1. The first-order valence-corrected chi connectivity index (χ1v) is 10.6. The molecule has 31 heavy (non-hydrogen) atoms. The van der Waals surface area contributed by atoms with Gasteiger partial charge in [0.15, 0.2) is 0 Å². The van der Waals surface area contributed by atoms with Gasteiger partial charge in [-0.1, -0.05) is 59.8 Å². The number of allylic oxidation sites excluding steroid dienone is 2. The molecular formula is C24H17ClF3NOS. The number of rotatable bonds is 3. The smallest absolute Gasteiger partial charge is 0.382 e. The Morgan fingerprint density at radius 3 is 2.52 bits per heavy atom. The molecule has 3 aromatic rings. The summed E-state index contributed by atoms with van der Waals surface area (Å²) in [5, 5.41) is 5.88. The number of carbonyl (C=O) groups is 1. The summed E-state index contributed by atoms with van der Waals surface area (Å²) in [5.74, 6) is -0.338. The molecule has 0 saturated heterocycles. The minimum Gasteiger partial charge on any atom is -0.382 e. The number of aryl methyl sites for hydroxylation is 1. The largest absolute Gasteiger partial charge is 0.416 e. The molecule has 0 spiro atoms. The van der Waals surface area contributed by atoms with Crippen molar-refractivity contribution in [3.8, 4) is 0 Å². The quantitative estimate of drug-likeness (QED) is 0.425. The number of nitrogens with one attached hydrogen (secondary N) is 1. The molecule has 0 unspecified atom stereocenters. The van der Waals surface area contributed by atoms with Gasteiger partial charge in [0.2, 0.25) is 5.78 Å². The molecule has 7 heteroatoms. The van der Waals surface area contributed by atoms with Crippen molar-refractivity contribution in [3.05, 3.63) is 91.8 Å². The lowest BCUT2D eigenvalue weighted by Crippen LogP contribution is -2.08. The van der Waals surface area contributed by atoms with E-state index in [0.717, 1.165) is 28.5 Å². The summed E-state index contributed by atoms with van der Waals surface area (Å²) in [4.78, 5) is 13.7. The van der Waals surface area contributed by atoms with Crippen molar-refractivity contribution >= 4 is 51.6 Å². The number of thioether (sulfide) groups is 1. The molecule has 0 aliphatic carbocycles. The summed E-state index contributed by atoms with van der Waals surface area (Å²) in [6.07, 6.45) is -2.76. The molecule has 0 amide bonds. The van der Waals surface area contributed by atoms with Crippen LogP contribution in [-0.4, -0.2) is 12.8 Å². The predicted octanol–water partition coefficient (Wildman–Crippen LogP) is 7.07. The van der Waals surface area contributed by atoms with Gasteiger partial charge >= 0.3 is 6.18 Å². The van der Waals surface area contributed by atoms with Crippen LogP contribution in [0.4, 0.5) is 13.2 Å². The number of hydrogen-bond donors (Lipinski definition) is 1. The number of halogens is 4. The molecule has 1 aliphatic heterocycles. The van der Waals surface area contributed by atoms with Crippen molar-refractivity contribution in [2.24, 2.45) is 0 Å². The lowest BCUT2D eigenvalue weighted by Gasteiger charge is -2.10. The second-order valence-corrected chi connectivity index (χ2v) is 8.57. The van der Waals surface area contributed by atoms with E-state index in [1.165, 1.54) is 23.9 Å². The Kier molecular flexibility index (Phi) is 5.62. The summed E-state index contributed by atoms with van der Waals surface area (Å²) < 4.78 is 39.5. The fourth-order valence-corrected chi connectivity index (χ4v) is 4.88. The second-order valence-electron chi connectivity index (χ2n) is 7.11. The number of alkyl halides is 3. The lowest BCUT2D eigenvalue weighted by molar-refractivity contribution is -0.137. The van der Waals surface area contributed by atoms with Gasteiger partial charge in [0.05, 0.1) is 21.1 Å². The topological polar surface area (TPSA) is 29.1 Å². The Bertz CT molecular complexity index is 1280. The third-order valence-electron chi connectivity index (χ3n) is 5.11. The van der Waals surface area contributed by atoms with Crippen LogP contribution in [0.1, 0.15) is 22.3 Å². The van der Waals surface area contributed by atoms with E-state index in [1.54, 1.807) is 19.2 Å². The highest BCUT2D eigenvalue weighted by atomic mass is 35.5. The van der Waals surface area contributed by atoms with Crippen molar-refractivity contribution < 1.29 is 18.0 Å². The van der Waals surface area contributed by atoms with Crippen LogP contribution >= 0.6 is 23.4 Å². The van der Waals surface area contributed by atoms with E-state index in [0.29, 0.717) is 20.5 Å². The highest BCUT2D eigenvalue weighted by Crippen LogP contribution is 2.44. The molecule has 0 aromatic heterocycles. The molecule has 1 heterocycles. The van der Waals surface area contributed by atoms with Crippen LogP contribution in [0.3, 0.4) is 0 Å². The maximum Gasteiger partial charge on any atom is 0.416 e. The van der Waals surface area contributed by atoms with E-state index >= 15 is 0 Å². The molecule has 0 saturated carbocycles. The standard InChI is InChI=1S/C24H17ClF3NOS/c1-13-5-3-6-14-9-10-18(25)17(20(13)14)12-19-22(30)21(23(29-2)31-19)15-7-4-8-16(11-15)24(26,27)28/h3-12,29H,1-2H3. The maximum atomic E-state index is 13.3. The van der Waals surface area contributed by atoms with E-state index in [9.17, 15) is 18.0 Å². The summed E-state index contributed by atoms with van der Waals surface area (Å²) in [6, 6.07) is 14.4. The van der Waals surface area contributed by atoms with Crippen LogP contribution in [0.15, 0.2) is 64.5 Å². The van der Waals surface area contributed by atoms with E-state index < -0.39 is 11.7 Å². The highest BCUT2D eigenvalue weighted by Gasteiger charge is 2.34. The van der Waals surface area contributed by atoms with Gasteiger partial charge in [-0.25, -0.2) is 0 Å². The van der Waals surface area contributed by atoms with Crippen LogP contribution in [0, 0.1) is 6.92 Å². The summed E-state index contributed by atoms with van der Waals surface area (Å²) in [7, 11) is 1.64. The molecule has 0 bridgehead atoms. The van der Waals surface area contributed by atoms with E-state index in [2.05, 4.69) is 5.32 Å². The number of fused-ring (bicyclic) bond motifs is 1. The average Bonchev–Trinajstić information content (AvgIpc) is 3.05. The van der Waals surface area contributed by atoms with Crippen molar-refractivity contribution in [1.29, 1.82) is 0 Å². The molecule has 0 atom stereocenters. The maximum absolute atomic E-state index is 13.3. The molecule has 2 nitrogen and oxygen atoms in total. The number of benzene rings is 3. The molecule has 0 radical (unpaired) electrons. The first kappa shape index (κ1) is 21.5. The van der Waals surface area contributed by atoms with Crippen molar-refractivity contribution in [3.63, 3.8) is 0 Å². The van der Waals surface area contributed by atoms with Crippen LogP contribution in [0.25, 0.3) is 22.4 Å². The highest BCUT2D eigenvalue weighted by molar-refractivity contribution is 8.08. The monoisotopic (exact) mass is 459 g/mol. The zero-order valence-corrected chi connectivity index (χ0v) is 18.2. The van der Waals surface area contributed by atoms with Crippen molar-refractivity contribution in [1.82, 2.24) is 5.32 Å². The molecule has 4 rings (SSSR count). The van der Waals surface area contributed by atoms with Gasteiger partial charge < -0.3 is 5.32 Å². The lowest BCUT2D eigenvalue weighted by atomic mass is 9.97. The Hall–Kier alpha value is -2.70. The fourth-order valence-electron chi connectivity index (χ4n) is 3.66. The van der Waals surface area contributed by atoms with Gasteiger partial charge in [-0.3, -0.25) is 4.79 Å². The summed E-state index contributed by atoms with van der Waals surface area (Å²) in [5.41, 5.74) is 1.38. The number of hydrogen-bond acceptors (Lipinski definition) is 3. The Labute approximate surface area is 186 Å². The van der Waals surface area contributed by atoms with E-state index in [-0.39, 0.29) is 16.9 Å². The van der Waals surface area contributed by atoms with Crippen molar-refractivity contribution in [2.45, 2.75) is 13.1 Å². The molecule has 3 aromatic carbocycles. The number of carbonyl (C=O) groups excluding carboxylic acids is 1. The van der Waals surface area contributed by atoms with Gasteiger partial charge in [-0.2, -0.15) is 13.2 Å². The van der Waals surface area contributed by atoms with Gasteiger partial charge in [-0.05, 0) is 53.1 Å². The fraction of sp³-hybridized carbons (Fsp3) is 0.125. The summed E-state index contributed by atoms with van der Waals surface area (Å²) in [6.45, 7) is 1.97. The minimum absolute atomic E-state index is 0.220. The summed E-state index contributed by atoms with van der Waals surface area (Å²) >= 11 is 7.67.